The molecule has 4 heterocycles. The van der Waals surface area contributed by atoms with E-state index in [0.29, 0.717) is 18.7 Å². The number of pyridine rings is 1. The van der Waals surface area contributed by atoms with Crippen molar-refractivity contribution in [3.63, 3.8) is 0 Å². The second kappa shape index (κ2) is 9.07. The van der Waals surface area contributed by atoms with Crippen molar-refractivity contribution in [2.45, 2.75) is 20.0 Å². The summed E-state index contributed by atoms with van der Waals surface area (Å²) >= 11 is 0. The van der Waals surface area contributed by atoms with Gasteiger partial charge < -0.3 is 14.1 Å². The smallest absolute Gasteiger partial charge is 0.244 e. The molecule has 0 saturated carbocycles. The lowest BCUT2D eigenvalue weighted by molar-refractivity contribution is -0.133. The van der Waals surface area contributed by atoms with Crippen molar-refractivity contribution in [3.05, 3.63) is 66.2 Å². The van der Waals surface area contributed by atoms with Crippen molar-refractivity contribution in [3.8, 4) is 17.1 Å². The van der Waals surface area contributed by atoms with Crippen LogP contribution in [0.1, 0.15) is 11.3 Å². The topological polar surface area (TPSA) is 76.6 Å². The maximum Gasteiger partial charge on any atom is 0.244 e. The Balaban J connectivity index is 1.25. The highest BCUT2D eigenvalue weighted by molar-refractivity contribution is 5.93. The maximum absolute atomic E-state index is 13.1. The minimum Gasteiger partial charge on any atom is -0.497 e. The van der Waals surface area contributed by atoms with Gasteiger partial charge in [-0.1, -0.05) is 12.1 Å². The van der Waals surface area contributed by atoms with E-state index in [2.05, 4.69) is 27.1 Å². The maximum atomic E-state index is 13.1. The molecule has 1 fully saturated rings. The average Bonchev–Trinajstić information content (AvgIpc) is 3.48. The number of aryl methyl sites for hydroxylation is 1. The zero-order valence-corrected chi connectivity index (χ0v) is 18.9. The number of carbonyl (C=O) groups excluding carboxylic acids is 1. The van der Waals surface area contributed by atoms with Crippen molar-refractivity contribution in [2.75, 3.05) is 33.3 Å². The van der Waals surface area contributed by atoms with Crippen LogP contribution in [0.2, 0.25) is 0 Å². The third-order valence-corrected chi connectivity index (χ3v) is 6.14. The first-order valence-electron chi connectivity index (χ1n) is 11.1. The van der Waals surface area contributed by atoms with E-state index >= 15 is 0 Å². The molecular weight excluding hydrogens is 418 g/mol. The monoisotopic (exact) mass is 445 g/mol. The fourth-order valence-electron chi connectivity index (χ4n) is 4.44. The number of benzene rings is 1. The molecule has 8 heteroatoms. The number of ether oxygens (including phenoxy) is 1. The zero-order valence-electron chi connectivity index (χ0n) is 18.9. The second-order valence-corrected chi connectivity index (χ2v) is 8.29. The highest BCUT2D eigenvalue weighted by Gasteiger charge is 2.23. The molecule has 170 valence electrons. The minimum absolute atomic E-state index is 0.0608. The summed E-state index contributed by atoms with van der Waals surface area (Å²) in [6.07, 6.45) is 3.39. The Bertz CT molecular complexity index is 1260. The van der Waals surface area contributed by atoms with Crippen LogP contribution in [0.15, 0.2) is 59.3 Å². The van der Waals surface area contributed by atoms with Crippen molar-refractivity contribution >= 4 is 16.9 Å². The van der Waals surface area contributed by atoms with E-state index in [1.807, 2.05) is 42.2 Å². The third-order valence-electron chi connectivity index (χ3n) is 6.14. The Kier molecular flexibility index (Phi) is 5.83. The summed E-state index contributed by atoms with van der Waals surface area (Å²) in [6, 6.07) is 13.8. The van der Waals surface area contributed by atoms with Crippen LogP contribution in [0, 0.1) is 6.92 Å². The van der Waals surface area contributed by atoms with Gasteiger partial charge in [-0.25, -0.2) is 9.67 Å². The summed E-state index contributed by atoms with van der Waals surface area (Å²) < 4.78 is 12.6. The summed E-state index contributed by atoms with van der Waals surface area (Å²) in [5.41, 5.74) is 3.69. The van der Waals surface area contributed by atoms with Gasteiger partial charge in [-0.3, -0.25) is 9.69 Å². The molecule has 0 N–H and O–H groups in total. The lowest BCUT2D eigenvalue weighted by atomic mass is 10.1. The van der Waals surface area contributed by atoms with Gasteiger partial charge in [-0.15, -0.1) is 0 Å². The first-order valence-corrected chi connectivity index (χ1v) is 11.1. The molecule has 0 radical (unpaired) electrons. The summed E-state index contributed by atoms with van der Waals surface area (Å²) in [5.74, 6) is 1.70. The lowest BCUT2D eigenvalue weighted by Crippen LogP contribution is -2.49. The number of carbonyl (C=O) groups is 1. The Labute approximate surface area is 192 Å². The fraction of sp³-hybridized carbons (Fsp3) is 0.320. The molecule has 0 atom stereocenters. The molecule has 1 amide bonds. The molecule has 3 aromatic heterocycles. The minimum atomic E-state index is 0.0608. The van der Waals surface area contributed by atoms with Gasteiger partial charge in [-0.05, 0) is 42.8 Å². The van der Waals surface area contributed by atoms with Gasteiger partial charge in [0.1, 0.15) is 18.1 Å². The summed E-state index contributed by atoms with van der Waals surface area (Å²) in [6.45, 7) is 6.04. The normalized spacial score (nSPS) is 14.7. The van der Waals surface area contributed by atoms with Crippen molar-refractivity contribution < 1.29 is 13.9 Å². The number of piperazine rings is 1. The molecule has 8 nitrogen and oxygen atoms in total. The van der Waals surface area contributed by atoms with Crippen molar-refractivity contribution in [1.82, 2.24) is 24.6 Å². The standard InChI is InChI=1S/C25H27N5O3/c1-18-24-21(22-7-4-14-33-22)8-9-26-25(24)30(27-18)17-23(31)29-12-10-28(11-13-29)16-19-5-3-6-20(15-19)32-2/h3-9,14-15H,10-13,16-17H2,1-2H3. The van der Waals surface area contributed by atoms with Crippen LogP contribution in [-0.4, -0.2) is 63.8 Å². The van der Waals surface area contributed by atoms with Crippen LogP contribution in [0.4, 0.5) is 0 Å². The number of furan rings is 1. The van der Waals surface area contributed by atoms with E-state index in [1.165, 1.54) is 5.56 Å². The highest BCUT2D eigenvalue weighted by atomic mass is 16.5. The van der Waals surface area contributed by atoms with Gasteiger partial charge in [0.2, 0.25) is 5.91 Å². The molecular formula is C25H27N5O3. The van der Waals surface area contributed by atoms with Crippen molar-refractivity contribution in [1.29, 1.82) is 0 Å². The number of nitrogens with zero attached hydrogens (tertiary/aromatic N) is 5. The first-order chi connectivity index (χ1) is 16.1. The van der Waals surface area contributed by atoms with Gasteiger partial charge in [0.15, 0.2) is 5.65 Å². The highest BCUT2D eigenvalue weighted by Crippen LogP contribution is 2.30. The van der Waals surface area contributed by atoms with E-state index in [0.717, 1.165) is 47.8 Å². The SMILES string of the molecule is COc1cccc(CN2CCN(C(=O)Cn3nc(C)c4c(-c5ccco5)ccnc43)CC2)c1. The second-order valence-electron chi connectivity index (χ2n) is 8.29. The Morgan fingerprint density at radius 2 is 1.97 bits per heavy atom. The molecule has 0 aliphatic carbocycles. The van der Waals surface area contributed by atoms with Gasteiger partial charge in [0.05, 0.1) is 24.5 Å². The summed E-state index contributed by atoms with van der Waals surface area (Å²) in [5, 5.41) is 5.54. The van der Waals surface area contributed by atoms with Crippen LogP contribution >= 0.6 is 0 Å². The fourth-order valence-corrected chi connectivity index (χ4v) is 4.44. The Hall–Kier alpha value is -3.65. The van der Waals surface area contributed by atoms with Gasteiger partial charge in [-0.2, -0.15) is 5.10 Å². The number of rotatable bonds is 6. The molecule has 5 rings (SSSR count). The van der Waals surface area contributed by atoms with Gasteiger partial charge >= 0.3 is 0 Å². The predicted octanol–water partition coefficient (Wildman–Crippen LogP) is 3.35. The van der Waals surface area contributed by atoms with E-state index in [9.17, 15) is 4.79 Å². The Morgan fingerprint density at radius 1 is 1.12 bits per heavy atom. The zero-order chi connectivity index (χ0) is 22.8. The predicted molar refractivity (Wildman–Crippen MR) is 125 cm³/mol. The van der Waals surface area contributed by atoms with Crippen LogP contribution < -0.4 is 4.74 Å². The van der Waals surface area contributed by atoms with E-state index in [4.69, 9.17) is 9.15 Å². The summed E-state index contributed by atoms with van der Waals surface area (Å²) in [4.78, 5) is 21.9. The van der Waals surface area contributed by atoms with Crippen LogP contribution in [-0.2, 0) is 17.9 Å². The summed E-state index contributed by atoms with van der Waals surface area (Å²) in [7, 11) is 1.68. The van der Waals surface area contributed by atoms with E-state index < -0.39 is 0 Å². The molecule has 1 aliphatic heterocycles. The quantitative estimate of drug-likeness (QED) is 0.453. The van der Waals surface area contributed by atoms with Gasteiger partial charge in [0.25, 0.3) is 0 Å². The molecule has 1 aliphatic rings. The molecule has 1 aromatic carbocycles. The van der Waals surface area contributed by atoms with Crippen molar-refractivity contribution in [2.24, 2.45) is 0 Å². The molecule has 0 spiro atoms. The molecule has 0 unspecified atom stereocenters. The number of hydrogen-bond acceptors (Lipinski definition) is 6. The third kappa shape index (κ3) is 4.34. The lowest BCUT2D eigenvalue weighted by Gasteiger charge is -2.34. The number of amides is 1. The molecule has 33 heavy (non-hydrogen) atoms. The molecule has 4 aromatic rings. The van der Waals surface area contributed by atoms with Crippen LogP contribution in [0.25, 0.3) is 22.4 Å². The number of methoxy groups -OCH3 is 1. The van der Waals surface area contributed by atoms with E-state index in [1.54, 1.807) is 24.3 Å². The average molecular weight is 446 g/mol. The Morgan fingerprint density at radius 3 is 2.73 bits per heavy atom. The van der Waals surface area contributed by atoms with Crippen LogP contribution in [0.5, 0.6) is 5.75 Å². The molecule has 1 saturated heterocycles. The van der Waals surface area contributed by atoms with Crippen LogP contribution in [0.3, 0.4) is 0 Å². The number of aromatic nitrogens is 3. The largest absolute Gasteiger partial charge is 0.497 e. The number of hydrogen-bond donors (Lipinski definition) is 0. The number of fused-ring (bicyclic) bond motifs is 1. The first kappa shape index (κ1) is 21.2. The van der Waals surface area contributed by atoms with Gasteiger partial charge in [0, 0.05) is 44.5 Å². The van der Waals surface area contributed by atoms with E-state index in [-0.39, 0.29) is 12.5 Å². The molecule has 0 bridgehead atoms.